The topological polar surface area (TPSA) is 73.6 Å². The van der Waals surface area contributed by atoms with Gasteiger partial charge in [0, 0.05) is 17.6 Å². The highest BCUT2D eigenvalue weighted by atomic mass is 79.9. The summed E-state index contributed by atoms with van der Waals surface area (Å²) in [5.74, 6) is 1.19. The molecule has 21 heavy (non-hydrogen) atoms. The van der Waals surface area contributed by atoms with E-state index in [1.807, 2.05) is 0 Å². The average molecular weight is 378 g/mol. The first-order valence-electron chi connectivity index (χ1n) is 6.79. The van der Waals surface area contributed by atoms with E-state index >= 15 is 0 Å². The first kappa shape index (κ1) is 16.4. The quantitative estimate of drug-likeness (QED) is 0.831. The third-order valence-corrected chi connectivity index (χ3v) is 4.39. The van der Waals surface area contributed by atoms with E-state index in [4.69, 9.17) is 15.2 Å². The zero-order chi connectivity index (χ0) is 14.1. The van der Waals surface area contributed by atoms with E-state index in [2.05, 4.69) is 21.2 Å². The Kier molecular flexibility index (Phi) is 5.35. The Balaban J connectivity index is 0.00000161. The summed E-state index contributed by atoms with van der Waals surface area (Å²) in [5.41, 5.74) is 6.45. The summed E-state index contributed by atoms with van der Waals surface area (Å²) in [4.78, 5) is 12.3. The van der Waals surface area contributed by atoms with Crippen LogP contribution in [0.15, 0.2) is 16.6 Å². The molecule has 0 atom stereocenters. The van der Waals surface area contributed by atoms with Crippen LogP contribution in [0.3, 0.4) is 0 Å². The Labute approximate surface area is 138 Å². The number of halogens is 2. The van der Waals surface area contributed by atoms with Gasteiger partial charge < -0.3 is 20.5 Å². The molecule has 1 heterocycles. The molecule has 116 valence electrons. The van der Waals surface area contributed by atoms with Gasteiger partial charge in [-0.25, -0.2) is 0 Å². The Morgan fingerprint density at radius 3 is 2.67 bits per heavy atom. The zero-order valence-electron chi connectivity index (χ0n) is 11.4. The van der Waals surface area contributed by atoms with E-state index in [1.165, 1.54) is 0 Å². The van der Waals surface area contributed by atoms with Gasteiger partial charge in [0.15, 0.2) is 11.5 Å². The molecule has 1 amide bonds. The van der Waals surface area contributed by atoms with Gasteiger partial charge in [0.25, 0.3) is 5.91 Å². The first-order valence-corrected chi connectivity index (χ1v) is 7.58. The molecule has 0 spiro atoms. The van der Waals surface area contributed by atoms with Crippen molar-refractivity contribution in [3.63, 3.8) is 0 Å². The summed E-state index contributed by atoms with van der Waals surface area (Å²) in [5, 5.41) is 3.06. The fourth-order valence-corrected chi connectivity index (χ4v) is 3.19. The van der Waals surface area contributed by atoms with Crippen LogP contribution >= 0.6 is 28.3 Å². The SMILES string of the molecule is Cl.NC1CCC(NC(=O)c2cc(Br)c3c(c2)OCO3)CC1. The summed E-state index contributed by atoms with van der Waals surface area (Å²) < 4.78 is 11.4. The molecule has 0 bridgehead atoms. The van der Waals surface area contributed by atoms with E-state index in [-0.39, 0.29) is 37.2 Å². The molecule has 1 aromatic rings. The Morgan fingerprint density at radius 1 is 1.24 bits per heavy atom. The summed E-state index contributed by atoms with van der Waals surface area (Å²) in [6.07, 6.45) is 3.82. The molecule has 5 nitrogen and oxygen atoms in total. The van der Waals surface area contributed by atoms with Crippen molar-refractivity contribution in [3.05, 3.63) is 22.2 Å². The standard InChI is InChI=1S/C14H17BrN2O3.ClH/c15-11-5-8(6-12-13(11)20-7-19-12)14(18)17-10-3-1-9(16)2-4-10;/h5-6,9-10H,1-4,7,16H2,(H,17,18);1H. The minimum atomic E-state index is -0.0792. The number of fused-ring (bicyclic) bond motifs is 1. The summed E-state index contributed by atoms with van der Waals surface area (Å²) in [6.45, 7) is 0.194. The average Bonchev–Trinajstić information content (AvgIpc) is 2.90. The molecule has 1 saturated carbocycles. The van der Waals surface area contributed by atoms with Crippen LogP contribution < -0.4 is 20.5 Å². The number of carbonyl (C=O) groups is 1. The highest BCUT2D eigenvalue weighted by molar-refractivity contribution is 9.10. The summed E-state index contributed by atoms with van der Waals surface area (Å²) in [7, 11) is 0. The maximum Gasteiger partial charge on any atom is 0.251 e. The van der Waals surface area contributed by atoms with Gasteiger partial charge in [-0.05, 0) is 53.7 Å². The molecule has 1 aliphatic heterocycles. The lowest BCUT2D eigenvalue weighted by molar-refractivity contribution is 0.0925. The lowest BCUT2D eigenvalue weighted by Crippen LogP contribution is -2.40. The van der Waals surface area contributed by atoms with Crippen LogP contribution in [0.25, 0.3) is 0 Å². The molecule has 1 aromatic carbocycles. The van der Waals surface area contributed by atoms with E-state index in [9.17, 15) is 4.79 Å². The molecular formula is C14H18BrClN2O3. The van der Waals surface area contributed by atoms with E-state index in [0.717, 1.165) is 30.2 Å². The Hall–Kier alpha value is -0.980. The van der Waals surface area contributed by atoms with Gasteiger partial charge in [-0.2, -0.15) is 0 Å². The lowest BCUT2D eigenvalue weighted by atomic mass is 9.91. The predicted octanol–water partition coefficient (Wildman–Crippen LogP) is 2.60. The maximum atomic E-state index is 12.3. The number of rotatable bonds is 2. The van der Waals surface area contributed by atoms with Crippen LogP contribution in [-0.4, -0.2) is 24.8 Å². The molecule has 0 unspecified atom stereocenters. The smallest absolute Gasteiger partial charge is 0.251 e. The fourth-order valence-electron chi connectivity index (χ4n) is 2.63. The van der Waals surface area contributed by atoms with Gasteiger partial charge in [0.2, 0.25) is 6.79 Å². The largest absolute Gasteiger partial charge is 0.454 e. The molecular weight excluding hydrogens is 360 g/mol. The highest BCUT2D eigenvalue weighted by Crippen LogP contribution is 2.40. The van der Waals surface area contributed by atoms with Crippen molar-refractivity contribution in [1.29, 1.82) is 0 Å². The van der Waals surface area contributed by atoms with E-state index in [0.29, 0.717) is 17.1 Å². The molecule has 1 fully saturated rings. The van der Waals surface area contributed by atoms with Crippen molar-refractivity contribution in [2.45, 2.75) is 37.8 Å². The second kappa shape index (κ2) is 6.85. The molecule has 2 aliphatic rings. The highest BCUT2D eigenvalue weighted by Gasteiger charge is 2.23. The van der Waals surface area contributed by atoms with Crippen molar-refractivity contribution in [1.82, 2.24) is 5.32 Å². The van der Waals surface area contributed by atoms with Crippen LogP contribution in [0.2, 0.25) is 0 Å². The molecule has 3 N–H and O–H groups in total. The molecule has 3 rings (SSSR count). The van der Waals surface area contributed by atoms with E-state index in [1.54, 1.807) is 12.1 Å². The van der Waals surface area contributed by atoms with Crippen LogP contribution in [0.5, 0.6) is 11.5 Å². The minimum Gasteiger partial charge on any atom is -0.454 e. The number of nitrogens with one attached hydrogen (secondary N) is 1. The monoisotopic (exact) mass is 376 g/mol. The van der Waals surface area contributed by atoms with E-state index < -0.39 is 0 Å². The van der Waals surface area contributed by atoms with Crippen molar-refractivity contribution >= 4 is 34.2 Å². The number of ether oxygens (including phenoxy) is 2. The lowest BCUT2D eigenvalue weighted by Gasteiger charge is -2.26. The number of hydrogen-bond donors (Lipinski definition) is 2. The second-order valence-corrected chi connectivity index (χ2v) is 6.13. The van der Waals surface area contributed by atoms with Crippen LogP contribution in [-0.2, 0) is 0 Å². The summed E-state index contributed by atoms with van der Waals surface area (Å²) in [6, 6.07) is 3.98. The number of amides is 1. The Bertz CT molecular complexity index is 533. The number of carbonyl (C=O) groups excluding carboxylic acids is 1. The van der Waals surface area contributed by atoms with Crippen LogP contribution in [0.4, 0.5) is 0 Å². The maximum absolute atomic E-state index is 12.3. The third kappa shape index (κ3) is 3.62. The molecule has 0 saturated heterocycles. The Morgan fingerprint density at radius 2 is 1.95 bits per heavy atom. The number of nitrogens with two attached hydrogens (primary N) is 1. The van der Waals surface area contributed by atoms with Crippen LogP contribution in [0.1, 0.15) is 36.0 Å². The second-order valence-electron chi connectivity index (χ2n) is 5.28. The van der Waals surface area contributed by atoms with Crippen molar-refractivity contribution in [2.24, 2.45) is 5.73 Å². The van der Waals surface area contributed by atoms with Gasteiger partial charge in [-0.15, -0.1) is 12.4 Å². The summed E-state index contributed by atoms with van der Waals surface area (Å²) >= 11 is 3.40. The molecule has 7 heteroatoms. The number of hydrogen-bond acceptors (Lipinski definition) is 4. The first-order chi connectivity index (χ1) is 9.63. The normalized spacial score (nSPS) is 23.3. The minimum absolute atomic E-state index is 0. The van der Waals surface area contributed by atoms with Crippen molar-refractivity contribution in [2.75, 3.05) is 6.79 Å². The zero-order valence-corrected chi connectivity index (χ0v) is 13.8. The van der Waals surface area contributed by atoms with Gasteiger partial charge >= 0.3 is 0 Å². The third-order valence-electron chi connectivity index (χ3n) is 3.80. The molecule has 0 aromatic heterocycles. The molecule has 1 aliphatic carbocycles. The predicted molar refractivity (Wildman–Crippen MR) is 85.2 cm³/mol. The van der Waals surface area contributed by atoms with Crippen LogP contribution in [0, 0.1) is 0 Å². The fraction of sp³-hybridized carbons (Fsp3) is 0.500. The molecule has 0 radical (unpaired) electrons. The van der Waals surface area contributed by atoms with Gasteiger partial charge in [0.05, 0.1) is 4.47 Å². The van der Waals surface area contributed by atoms with Gasteiger partial charge in [-0.3, -0.25) is 4.79 Å². The number of benzene rings is 1. The van der Waals surface area contributed by atoms with Gasteiger partial charge in [-0.1, -0.05) is 0 Å². The van der Waals surface area contributed by atoms with Crippen molar-refractivity contribution in [3.8, 4) is 11.5 Å². The van der Waals surface area contributed by atoms with Crippen molar-refractivity contribution < 1.29 is 14.3 Å². The van der Waals surface area contributed by atoms with Gasteiger partial charge in [0.1, 0.15) is 0 Å².